The zero-order valence-electron chi connectivity index (χ0n) is 8.29. The summed E-state index contributed by atoms with van der Waals surface area (Å²) >= 11 is 3.55. The zero-order chi connectivity index (χ0) is 10.1. The molecule has 74 valence electrons. The van der Waals surface area contributed by atoms with Crippen LogP contribution >= 0.6 is 15.9 Å². The molecule has 0 bridgehead atoms. The number of fused-ring (bicyclic) bond motifs is 1. The van der Waals surface area contributed by atoms with E-state index in [9.17, 15) is 0 Å². The van der Waals surface area contributed by atoms with E-state index in [0.29, 0.717) is 0 Å². The van der Waals surface area contributed by atoms with Crippen LogP contribution < -0.4 is 0 Å². The summed E-state index contributed by atoms with van der Waals surface area (Å²) in [5.74, 6) is 1.03. The van der Waals surface area contributed by atoms with Crippen LogP contribution in [0, 0.1) is 0 Å². The number of pyridine rings is 1. The molecule has 14 heavy (non-hydrogen) atoms. The Morgan fingerprint density at radius 2 is 2.00 bits per heavy atom. The standard InChI is InChI=1S/C10H12BrN3/c1-3-8-7(11)5-6-10-13-12-9(4-2)14(8)10/h5-6H,3-4H2,1-2H3. The molecule has 0 aliphatic heterocycles. The van der Waals surface area contributed by atoms with Gasteiger partial charge in [-0.2, -0.15) is 0 Å². The smallest absolute Gasteiger partial charge is 0.161 e. The van der Waals surface area contributed by atoms with Gasteiger partial charge in [-0.1, -0.05) is 13.8 Å². The van der Waals surface area contributed by atoms with Crippen molar-refractivity contribution in [2.75, 3.05) is 0 Å². The SMILES string of the molecule is CCc1nnc2ccc(Br)c(CC)n12. The molecular formula is C10H12BrN3. The van der Waals surface area contributed by atoms with E-state index in [1.165, 1.54) is 5.69 Å². The lowest BCUT2D eigenvalue weighted by Gasteiger charge is -2.06. The number of hydrogen-bond acceptors (Lipinski definition) is 2. The number of aryl methyl sites for hydroxylation is 2. The first-order chi connectivity index (χ1) is 6.77. The summed E-state index contributed by atoms with van der Waals surface area (Å²) < 4.78 is 3.26. The van der Waals surface area contributed by atoms with Crippen molar-refractivity contribution in [2.24, 2.45) is 0 Å². The minimum absolute atomic E-state index is 0.907. The lowest BCUT2D eigenvalue weighted by atomic mass is 10.3. The first-order valence-electron chi connectivity index (χ1n) is 4.79. The van der Waals surface area contributed by atoms with Gasteiger partial charge in [-0.3, -0.25) is 4.40 Å². The second-order valence-electron chi connectivity index (χ2n) is 3.14. The molecule has 0 atom stereocenters. The van der Waals surface area contributed by atoms with Crippen LogP contribution in [0.5, 0.6) is 0 Å². The molecule has 2 heterocycles. The summed E-state index contributed by atoms with van der Waals surface area (Å²) in [5, 5.41) is 8.29. The van der Waals surface area contributed by atoms with E-state index in [2.05, 4.69) is 44.4 Å². The summed E-state index contributed by atoms with van der Waals surface area (Å²) in [6.45, 7) is 4.23. The van der Waals surface area contributed by atoms with E-state index in [1.54, 1.807) is 0 Å². The van der Waals surface area contributed by atoms with Gasteiger partial charge in [-0.25, -0.2) is 0 Å². The molecule has 0 aromatic carbocycles. The Balaban J connectivity index is 2.81. The van der Waals surface area contributed by atoms with E-state index in [4.69, 9.17) is 0 Å². The second-order valence-corrected chi connectivity index (χ2v) is 4.00. The van der Waals surface area contributed by atoms with Crippen LogP contribution in [0.2, 0.25) is 0 Å². The van der Waals surface area contributed by atoms with Gasteiger partial charge in [0.25, 0.3) is 0 Å². The van der Waals surface area contributed by atoms with Gasteiger partial charge >= 0.3 is 0 Å². The molecule has 2 aromatic rings. The van der Waals surface area contributed by atoms with Gasteiger partial charge in [-0.15, -0.1) is 10.2 Å². The highest BCUT2D eigenvalue weighted by molar-refractivity contribution is 9.10. The molecule has 0 N–H and O–H groups in total. The van der Waals surface area contributed by atoms with E-state index in [0.717, 1.165) is 28.8 Å². The summed E-state index contributed by atoms with van der Waals surface area (Å²) in [7, 11) is 0. The quantitative estimate of drug-likeness (QED) is 0.824. The molecule has 0 aliphatic carbocycles. The maximum Gasteiger partial charge on any atom is 0.161 e. The highest BCUT2D eigenvalue weighted by Crippen LogP contribution is 2.20. The van der Waals surface area contributed by atoms with Gasteiger partial charge in [0, 0.05) is 16.6 Å². The normalized spacial score (nSPS) is 11.1. The van der Waals surface area contributed by atoms with E-state index in [-0.39, 0.29) is 0 Å². The van der Waals surface area contributed by atoms with Crippen molar-refractivity contribution in [3.8, 4) is 0 Å². The number of hydrogen-bond donors (Lipinski definition) is 0. The Hall–Kier alpha value is -0.900. The molecule has 0 radical (unpaired) electrons. The Bertz CT molecular complexity index is 462. The molecule has 0 amide bonds. The molecule has 0 saturated heterocycles. The molecule has 2 rings (SSSR count). The van der Waals surface area contributed by atoms with Crippen LogP contribution in [0.3, 0.4) is 0 Å². The Morgan fingerprint density at radius 1 is 1.21 bits per heavy atom. The van der Waals surface area contributed by atoms with Crippen LogP contribution in [0.1, 0.15) is 25.4 Å². The predicted molar refractivity (Wildman–Crippen MR) is 59.4 cm³/mol. The van der Waals surface area contributed by atoms with Crippen LogP contribution in [0.4, 0.5) is 0 Å². The van der Waals surface area contributed by atoms with Crippen molar-refractivity contribution in [1.29, 1.82) is 0 Å². The minimum atomic E-state index is 0.907. The van der Waals surface area contributed by atoms with Crippen molar-refractivity contribution in [3.63, 3.8) is 0 Å². The van der Waals surface area contributed by atoms with Gasteiger partial charge in [0.05, 0.1) is 0 Å². The second kappa shape index (κ2) is 3.69. The third-order valence-electron chi connectivity index (χ3n) is 2.33. The summed E-state index contributed by atoms with van der Waals surface area (Å²) in [6.07, 6.45) is 1.88. The van der Waals surface area contributed by atoms with Crippen LogP contribution in [0.15, 0.2) is 16.6 Å². The Labute approximate surface area is 91.3 Å². The lowest BCUT2D eigenvalue weighted by molar-refractivity contribution is 0.862. The first kappa shape index (κ1) is 9.65. The average molecular weight is 254 g/mol. The number of nitrogens with zero attached hydrogens (tertiary/aromatic N) is 3. The number of halogens is 1. The van der Waals surface area contributed by atoms with Gasteiger partial charge in [0.1, 0.15) is 5.82 Å². The largest absolute Gasteiger partial charge is 0.282 e. The van der Waals surface area contributed by atoms with E-state index >= 15 is 0 Å². The van der Waals surface area contributed by atoms with Crippen LogP contribution in [-0.4, -0.2) is 14.6 Å². The molecule has 3 nitrogen and oxygen atoms in total. The lowest BCUT2D eigenvalue weighted by Crippen LogP contribution is -2.00. The maximum atomic E-state index is 4.16. The van der Waals surface area contributed by atoms with Gasteiger partial charge < -0.3 is 0 Å². The highest BCUT2D eigenvalue weighted by Gasteiger charge is 2.09. The third-order valence-corrected chi connectivity index (χ3v) is 3.05. The van der Waals surface area contributed by atoms with Crippen LogP contribution in [-0.2, 0) is 12.8 Å². The Morgan fingerprint density at radius 3 is 2.64 bits per heavy atom. The minimum Gasteiger partial charge on any atom is -0.282 e. The average Bonchev–Trinajstić information content (AvgIpc) is 2.61. The van der Waals surface area contributed by atoms with Crippen molar-refractivity contribution in [1.82, 2.24) is 14.6 Å². The fourth-order valence-electron chi connectivity index (χ4n) is 1.64. The third kappa shape index (κ3) is 1.34. The molecule has 4 heteroatoms. The van der Waals surface area contributed by atoms with Gasteiger partial charge in [0.15, 0.2) is 5.65 Å². The van der Waals surface area contributed by atoms with Crippen molar-refractivity contribution >= 4 is 21.6 Å². The van der Waals surface area contributed by atoms with E-state index < -0.39 is 0 Å². The van der Waals surface area contributed by atoms with Gasteiger partial charge in [0.2, 0.25) is 0 Å². The maximum absolute atomic E-state index is 4.16. The molecule has 2 aromatic heterocycles. The number of aromatic nitrogens is 3. The Kier molecular flexibility index (Phi) is 2.54. The monoisotopic (exact) mass is 253 g/mol. The molecule has 0 unspecified atom stereocenters. The summed E-state index contributed by atoms with van der Waals surface area (Å²) in [6, 6.07) is 4.01. The fraction of sp³-hybridized carbons (Fsp3) is 0.400. The highest BCUT2D eigenvalue weighted by atomic mass is 79.9. The topological polar surface area (TPSA) is 30.2 Å². The molecule has 0 fully saturated rings. The zero-order valence-corrected chi connectivity index (χ0v) is 9.87. The fourth-order valence-corrected chi connectivity index (χ4v) is 2.23. The molecule has 0 aliphatic rings. The summed E-state index contributed by atoms with van der Waals surface area (Å²) in [4.78, 5) is 0. The molecular weight excluding hydrogens is 242 g/mol. The van der Waals surface area contributed by atoms with Crippen molar-refractivity contribution in [2.45, 2.75) is 26.7 Å². The molecule has 0 saturated carbocycles. The number of rotatable bonds is 2. The first-order valence-corrected chi connectivity index (χ1v) is 5.58. The molecule has 0 spiro atoms. The predicted octanol–water partition coefficient (Wildman–Crippen LogP) is 2.62. The van der Waals surface area contributed by atoms with E-state index in [1.807, 2.05) is 12.1 Å². The van der Waals surface area contributed by atoms with Crippen molar-refractivity contribution < 1.29 is 0 Å². The van der Waals surface area contributed by atoms with Crippen molar-refractivity contribution in [3.05, 3.63) is 28.1 Å². The van der Waals surface area contributed by atoms with Crippen LogP contribution in [0.25, 0.3) is 5.65 Å². The summed E-state index contributed by atoms with van der Waals surface area (Å²) in [5.41, 5.74) is 2.17. The van der Waals surface area contributed by atoms with Gasteiger partial charge in [-0.05, 0) is 34.5 Å².